The van der Waals surface area contributed by atoms with Crippen molar-refractivity contribution in [3.63, 3.8) is 0 Å². The third-order valence-electron chi connectivity index (χ3n) is 5.35. The molecule has 5 nitrogen and oxygen atoms in total. The van der Waals surface area contributed by atoms with Gasteiger partial charge in [0.05, 0.1) is 5.69 Å². The van der Waals surface area contributed by atoms with E-state index in [1.807, 2.05) is 37.2 Å². The highest BCUT2D eigenvalue weighted by Gasteiger charge is 2.24. The van der Waals surface area contributed by atoms with E-state index < -0.39 is 0 Å². The third kappa shape index (κ3) is 4.77. The molecule has 4 rings (SSSR count). The molecule has 0 aliphatic carbocycles. The van der Waals surface area contributed by atoms with Crippen LogP contribution in [0, 0.1) is 5.82 Å². The zero-order chi connectivity index (χ0) is 20.2. The van der Waals surface area contributed by atoms with Crippen LogP contribution in [0.1, 0.15) is 30.0 Å². The van der Waals surface area contributed by atoms with Crippen molar-refractivity contribution < 1.29 is 4.39 Å². The van der Waals surface area contributed by atoms with Crippen molar-refractivity contribution in [2.45, 2.75) is 25.3 Å². The summed E-state index contributed by atoms with van der Waals surface area (Å²) in [6.07, 6.45) is 5.73. The zero-order valence-corrected chi connectivity index (χ0v) is 16.9. The molecule has 0 N–H and O–H groups in total. The predicted octanol–water partition coefficient (Wildman–Crippen LogP) is 4.12. The fraction of sp³-hybridized carbons (Fsp3) is 0.348. The molecule has 0 bridgehead atoms. The Morgan fingerprint density at radius 1 is 1.10 bits per heavy atom. The molecule has 29 heavy (non-hydrogen) atoms. The lowest BCUT2D eigenvalue weighted by Crippen LogP contribution is -2.34. The van der Waals surface area contributed by atoms with Gasteiger partial charge in [-0.15, -0.1) is 0 Å². The van der Waals surface area contributed by atoms with Gasteiger partial charge in [0.1, 0.15) is 11.6 Å². The number of likely N-dealkylation sites (tertiary alicyclic amines) is 1. The van der Waals surface area contributed by atoms with Crippen molar-refractivity contribution in [2.24, 2.45) is 0 Å². The number of nitrogens with zero attached hydrogens (tertiary/aromatic N) is 5. The maximum Gasteiger partial charge on any atom is 0.161 e. The molecule has 0 spiro atoms. The van der Waals surface area contributed by atoms with Crippen LogP contribution in [0.3, 0.4) is 0 Å². The minimum atomic E-state index is -0.176. The molecule has 2 aromatic heterocycles. The Morgan fingerprint density at radius 2 is 1.93 bits per heavy atom. The predicted molar refractivity (Wildman–Crippen MR) is 113 cm³/mol. The van der Waals surface area contributed by atoms with Gasteiger partial charge in [-0.1, -0.05) is 12.1 Å². The smallest absolute Gasteiger partial charge is 0.161 e. The molecule has 0 amide bonds. The van der Waals surface area contributed by atoms with Gasteiger partial charge in [0.25, 0.3) is 0 Å². The maximum absolute atomic E-state index is 13.5. The lowest BCUT2D eigenvalue weighted by Gasteiger charge is -2.33. The van der Waals surface area contributed by atoms with Gasteiger partial charge in [-0.2, -0.15) is 0 Å². The summed E-state index contributed by atoms with van der Waals surface area (Å²) < 4.78 is 13.5. The number of piperidine rings is 1. The van der Waals surface area contributed by atoms with Crippen LogP contribution < -0.4 is 4.90 Å². The topological polar surface area (TPSA) is 45.2 Å². The van der Waals surface area contributed by atoms with Gasteiger partial charge in [-0.3, -0.25) is 9.88 Å². The highest BCUT2D eigenvalue weighted by Crippen LogP contribution is 2.30. The summed E-state index contributed by atoms with van der Waals surface area (Å²) in [6.45, 7) is 2.70. The maximum atomic E-state index is 13.5. The summed E-state index contributed by atoms with van der Waals surface area (Å²) in [5.74, 6) is 1.80. The van der Waals surface area contributed by atoms with Crippen LogP contribution in [0.4, 0.5) is 10.2 Å². The summed E-state index contributed by atoms with van der Waals surface area (Å²) in [5, 5.41) is 0. The number of hydrogen-bond acceptors (Lipinski definition) is 5. The Bertz CT molecular complexity index is 960. The number of halogens is 1. The molecule has 0 radical (unpaired) electrons. The van der Waals surface area contributed by atoms with Gasteiger partial charge in [0, 0.05) is 57.1 Å². The SMILES string of the molecule is CN(C)c1cc(C2CCCN(Cc3cccc(F)c3)C2)nc(-c2ccncc2)n1. The van der Waals surface area contributed by atoms with E-state index in [-0.39, 0.29) is 5.82 Å². The fourth-order valence-corrected chi connectivity index (χ4v) is 3.86. The first-order valence-electron chi connectivity index (χ1n) is 10.0. The Balaban J connectivity index is 1.58. The average Bonchev–Trinajstić information content (AvgIpc) is 2.74. The van der Waals surface area contributed by atoms with Crippen LogP contribution in [0.5, 0.6) is 0 Å². The summed E-state index contributed by atoms with van der Waals surface area (Å²) in [5.41, 5.74) is 3.05. The molecular formula is C23H26FN5. The van der Waals surface area contributed by atoms with E-state index in [0.717, 1.165) is 60.9 Å². The largest absolute Gasteiger partial charge is 0.363 e. The average molecular weight is 391 g/mol. The van der Waals surface area contributed by atoms with Gasteiger partial charge >= 0.3 is 0 Å². The number of benzene rings is 1. The fourth-order valence-electron chi connectivity index (χ4n) is 3.86. The van der Waals surface area contributed by atoms with Crippen molar-refractivity contribution in [3.05, 3.63) is 71.9 Å². The number of aromatic nitrogens is 3. The van der Waals surface area contributed by atoms with Crippen molar-refractivity contribution in [1.82, 2.24) is 19.9 Å². The Labute approximate surface area is 171 Å². The molecule has 6 heteroatoms. The van der Waals surface area contributed by atoms with Gasteiger partial charge in [-0.25, -0.2) is 14.4 Å². The van der Waals surface area contributed by atoms with E-state index in [1.165, 1.54) is 6.07 Å². The molecule has 1 fully saturated rings. The Hall–Kier alpha value is -2.86. The zero-order valence-electron chi connectivity index (χ0n) is 16.9. The second-order valence-electron chi connectivity index (χ2n) is 7.81. The first-order valence-corrected chi connectivity index (χ1v) is 10.0. The molecule has 1 atom stereocenters. The second-order valence-corrected chi connectivity index (χ2v) is 7.81. The lowest BCUT2D eigenvalue weighted by molar-refractivity contribution is 0.198. The van der Waals surface area contributed by atoms with E-state index in [2.05, 4.69) is 16.0 Å². The van der Waals surface area contributed by atoms with E-state index in [4.69, 9.17) is 9.97 Å². The number of hydrogen-bond donors (Lipinski definition) is 0. The van der Waals surface area contributed by atoms with Crippen LogP contribution in [0.25, 0.3) is 11.4 Å². The van der Waals surface area contributed by atoms with Crippen LogP contribution in [0.2, 0.25) is 0 Å². The van der Waals surface area contributed by atoms with E-state index in [9.17, 15) is 4.39 Å². The number of anilines is 1. The highest BCUT2D eigenvalue weighted by atomic mass is 19.1. The van der Waals surface area contributed by atoms with Gasteiger partial charge < -0.3 is 4.90 Å². The van der Waals surface area contributed by atoms with Crippen molar-refractivity contribution >= 4 is 5.82 Å². The molecule has 3 heterocycles. The van der Waals surface area contributed by atoms with Crippen molar-refractivity contribution in [3.8, 4) is 11.4 Å². The van der Waals surface area contributed by atoms with E-state index in [0.29, 0.717) is 5.92 Å². The molecule has 1 aliphatic rings. The lowest BCUT2D eigenvalue weighted by atomic mass is 9.94. The normalized spacial score (nSPS) is 17.3. The quantitative estimate of drug-likeness (QED) is 0.655. The van der Waals surface area contributed by atoms with Gasteiger partial charge in [-0.05, 0) is 49.2 Å². The minimum absolute atomic E-state index is 0.176. The molecule has 1 aliphatic heterocycles. The Kier molecular flexibility index (Phi) is 5.81. The summed E-state index contributed by atoms with van der Waals surface area (Å²) in [6, 6.07) is 12.9. The Morgan fingerprint density at radius 3 is 2.69 bits per heavy atom. The third-order valence-corrected chi connectivity index (χ3v) is 5.35. The minimum Gasteiger partial charge on any atom is -0.363 e. The monoisotopic (exact) mass is 391 g/mol. The van der Waals surface area contributed by atoms with E-state index >= 15 is 0 Å². The summed E-state index contributed by atoms with van der Waals surface area (Å²) >= 11 is 0. The molecule has 1 saturated heterocycles. The van der Waals surface area contributed by atoms with Crippen LogP contribution >= 0.6 is 0 Å². The second kappa shape index (κ2) is 8.66. The molecule has 3 aromatic rings. The van der Waals surface area contributed by atoms with Crippen LogP contribution in [-0.2, 0) is 6.54 Å². The van der Waals surface area contributed by atoms with Crippen LogP contribution in [0.15, 0.2) is 54.9 Å². The molecule has 1 unspecified atom stereocenters. The first kappa shape index (κ1) is 19.5. The van der Waals surface area contributed by atoms with E-state index in [1.54, 1.807) is 24.5 Å². The first-order chi connectivity index (χ1) is 14.1. The van der Waals surface area contributed by atoms with Crippen molar-refractivity contribution in [1.29, 1.82) is 0 Å². The highest BCUT2D eigenvalue weighted by molar-refractivity contribution is 5.57. The van der Waals surface area contributed by atoms with Gasteiger partial charge in [0.2, 0.25) is 0 Å². The molecular weight excluding hydrogens is 365 g/mol. The molecule has 150 valence electrons. The molecule has 0 saturated carbocycles. The molecule has 1 aromatic carbocycles. The number of pyridine rings is 1. The van der Waals surface area contributed by atoms with Gasteiger partial charge in [0.15, 0.2) is 5.82 Å². The summed E-state index contributed by atoms with van der Waals surface area (Å²) in [7, 11) is 4.00. The van der Waals surface area contributed by atoms with Crippen molar-refractivity contribution in [2.75, 3.05) is 32.1 Å². The standard InChI is InChI=1S/C23H26FN5/c1-28(2)22-14-21(26-23(27-22)18-8-10-25-11-9-18)19-6-4-12-29(16-19)15-17-5-3-7-20(24)13-17/h3,5,7-11,13-14,19H,4,6,12,15-16H2,1-2H3. The number of rotatable bonds is 5. The van der Waals surface area contributed by atoms with Crippen LogP contribution in [-0.4, -0.2) is 47.0 Å². The summed E-state index contributed by atoms with van der Waals surface area (Å²) in [4.78, 5) is 18.1.